The molecule has 0 bridgehead atoms. The molecule has 1 N–H and O–H groups in total. The lowest BCUT2D eigenvalue weighted by molar-refractivity contribution is -0.122. The Morgan fingerprint density at radius 2 is 1.62 bits per heavy atom. The summed E-state index contributed by atoms with van der Waals surface area (Å²) in [5, 5.41) is 4.95. The second kappa shape index (κ2) is 7.91. The second-order valence-electron chi connectivity index (χ2n) is 6.42. The molecule has 3 aromatic carbocycles. The Bertz CT molecular complexity index is 899. The maximum atomic E-state index is 12.5. The minimum absolute atomic E-state index is 0.0783. The van der Waals surface area contributed by atoms with Crippen molar-refractivity contribution in [2.24, 2.45) is 0 Å². The quantitative estimate of drug-likeness (QED) is 0.679. The summed E-state index contributed by atoms with van der Waals surface area (Å²) in [5.41, 5.74) is 0.682. The van der Waals surface area contributed by atoms with E-state index in [1.807, 2.05) is 80.6 Å². The second-order valence-corrected chi connectivity index (χ2v) is 6.42. The van der Waals surface area contributed by atoms with Crippen LogP contribution in [0.3, 0.4) is 0 Å². The molecule has 0 heterocycles. The summed E-state index contributed by atoms with van der Waals surface area (Å²) in [6.45, 7) is 5.67. The molecule has 0 saturated carbocycles. The summed E-state index contributed by atoms with van der Waals surface area (Å²) in [4.78, 5) is 12.5. The molecule has 1 amide bonds. The van der Waals surface area contributed by atoms with Crippen molar-refractivity contribution in [3.63, 3.8) is 0 Å². The summed E-state index contributed by atoms with van der Waals surface area (Å²) < 4.78 is 11.6. The number of rotatable bonds is 6. The highest BCUT2D eigenvalue weighted by Crippen LogP contribution is 2.26. The van der Waals surface area contributed by atoms with Crippen molar-refractivity contribution in [2.75, 3.05) is 5.32 Å². The van der Waals surface area contributed by atoms with Gasteiger partial charge in [0.05, 0.1) is 6.10 Å². The number of ether oxygens (including phenoxy) is 2. The van der Waals surface area contributed by atoms with Crippen LogP contribution in [0.4, 0.5) is 5.69 Å². The molecular formula is C22H23NO3. The van der Waals surface area contributed by atoms with Crippen LogP contribution < -0.4 is 14.8 Å². The van der Waals surface area contributed by atoms with E-state index in [4.69, 9.17) is 9.47 Å². The van der Waals surface area contributed by atoms with Crippen LogP contribution in [0.5, 0.6) is 11.5 Å². The maximum absolute atomic E-state index is 12.5. The van der Waals surface area contributed by atoms with Crippen LogP contribution in [-0.2, 0) is 4.79 Å². The number of hydrogen-bond acceptors (Lipinski definition) is 3. The fourth-order valence-corrected chi connectivity index (χ4v) is 2.71. The monoisotopic (exact) mass is 349 g/mol. The standard InChI is InChI=1S/C22H23NO3/c1-15(2)25-19-11-7-10-18(14-19)23-22(24)16(3)26-21-13-6-9-17-8-4-5-12-20(17)21/h4-16H,1-3H3,(H,23,24)/t16-/m0/s1. The van der Waals surface area contributed by atoms with Crippen LogP contribution in [-0.4, -0.2) is 18.1 Å². The molecule has 0 spiro atoms. The van der Waals surface area contributed by atoms with Crippen LogP contribution >= 0.6 is 0 Å². The molecule has 26 heavy (non-hydrogen) atoms. The molecule has 0 aliphatic rings. The third-order valence-corrected chi connectivity index (χ3v) is 3.90. The lowest BCUT2D eigenvalue weighted by atomic mass is 10.1. The number of fused-ring (bicyclic) bond motifs is 1. The number of anilines is 1. The van der Waals surface area contributed by atoms with E-state index in [1.165, 1.54) is 0 Å². The van der Waals surface area contributed by atoms with Gasteiger partial charge in [0.1, 0.15) is 11.5 Å². The molecule has 4 nitrogen and oxygen atoms in total. The third-order valence-electron chi connectivity index (χ3n) is 3.90. The SMILES string of the molecule is CC(C)Oc1cccc(NC(=O)[C@H](C)Oc2cccc3ccccc23)c1. The molecule has 0 radical (unpaired) electrons. The van der Waals surface area contributed by atoms with Gasteiger partial charge in [0.25, 0.3) is 5.91 Å². The Hall–Kier alpha value is -3.01. The highest BCUT2D eigenvalue weighted by atomic mass is 16.5. The van der Waals surface area contributed by atoms with Gasteiger partial charge in [0.15, 0.2) is 6.10 Å². The Morgan fingerprint density at radius 3 is 2.42 bits per heavy atom. The first kappa shape index (κ1) is 17.8. The minimum atomic E-state index is -0.629. The minimum Gasteiger partial charge on any atom is -0.491 e. The van der Waals surface area contributed by atoms with Gasteiger partial charge < -0.3 is 14.8 Å². The number of amides is 1. The molecule has 0 aliphatic carbocycles. The lowest BCUT2D eigenvalue weighted by Gasteiger charge is -2.17. The number of nitrogens with one attached hydrogen (secondary N) is 1. The first-order valence-electron chi connectivity index (χ1n) is 8.75. The zero-order chi connectivity index (χ0) is 18.5. The Balaban J connectivity index is 1.70. The zero-order valence-electron chi connectivity index (χ0n) is 15.2. The van der Waals surface area contributed by atoms with Crippen LogP contribution in [0, 0.1) is 0 Å². The molecule has 0 unspecified atom stereocenters. The number of benzene rings is 3. The van der Waals surface area contributed by atoms with Gasteiger partial charge in [-0.25, -0.2) is 0 Å². The zero-order valence-corrected chi connectivity index (χ0v) is 15.2. The van der Waals surface area contributed by atoms with Crippen LogP contribution in [0.15, 0.2) is 66.7 Å². The van der Waals surface area contributed by atoms with E-state index < -0.39 is 6.10 Å². The third kappa shape index (κ3) is 4.33. The van der Waals surface area contributed by atoms with Gasteiger partial charge in [0, 0.05) is 17.1 Å². The van der Waals surface area contributed by atoms with E-state index in [1.54, 1.807) is 6.92 Å². The highest BCUT2D eigenvalue weighted by Gasteiger charge is 2.16. The summed E-state index contributed by atoms with van der Waals surface area (Å²) in [6.07, 6.45) is -0.551. The smallest absolute Gasteiger partial charge is 0.265 e. The Kier molecular flexibility index (Phi) is 5.42. The van der Waals surface area contributed by atoms with E-state index in [-0.39, 0.29) is 12.0 Å². The number of hydrogen-bond donors (Lipinski definition) is 1. The molecule has 0 saturated heterocycles. The molecule has 0 aliphatic heterocycles. The average Bonchev–Trinajstić information content (AvgIpc) is 2.61. The summed E-state index contributed by atoms with van der Waals surface area (Å²) in [5.74, 6) is 1.21. The maximum Gasteiger partial charge on any atom is 0.265 e. The van der Waals surface area contributed by atoms with Gasteiger partial charge in [-0.2, -0.15) is 0 Å². The van der Waals surface area contributed by atoms with Gasteiger partial charge >= 0.3 is 0 Å². The van der Waals surface area contributed by atoms with E-state index in [0.29, 0.717) is 11.4 Å². The Labute approximate surface area is 153 Å². The molecule has 0 fully saturated rings. The Morgan fingerprint density at radius 1 is 0.885 bits per heavy atom. The summed E-state index contributed by atoms with van der Waals surface area (Å²) in [7, 11) is 0. The average molecular weight is 349 g/mol. The van der Waals surface area contributed by atoms with Crippen molar-refractivity contribution in [2.45, 2.75) is 33.0 Å². The fourth-order valence-electron chi connectivity index (χ4n) is 2.71. The van der Waals surface area contributed by atoms with Gasteiger partial charge in [0.2, 0.25) is 0 Å². The topological polar surface area (TPSA) is 47.6 Å². The van der Waals surface area contributed by atoms with Crippen molar-refractivity contribution < 1.29 is 14.3 Å². The fraction of sp³-hybridized carbons (Fsp3) is 0.227. The van der Waals surface area contributed by atoms with Crippen LogP contribution in [0.2, 0.25) is 0 Å². The molecule has 4 heteroatoms. The number of carbonyl (C=O) groups is 1. The molecule has 0 aromatic heterocycles. The predicted octanol–water partition coefficient (Wildman–Crippen LogP) is 5.03. The molecular weight excluding hydrogens is 326 g/mol. The van der Waals surface area contributed by atoms with Crippen LogP contribution in [0.25, 0.3) is 10.8 Å². The first-order valence-corrected chi connectivity index (χ1v) is 8.75. The molecule has 134 valence electrons. The van der Waals surface area contributed by atoms with E-state index >= 15 is 0 Å². The van der Waals surface area contributed by atoms with E-state index in [2.05, 4.69) is 5.32 Å². The van der Waals surface area contributed by atoms with Gasteiger partial charge in [-0.15, -0.1) is 0 Å². The van der Waals surface area contributed by atoms with Crippen molar-refractivity contribution >= 4 is 22.4 Å². The van der Waals surface area contributed by atoms with E-state index in [9.17, 15) is 4.79 Å². The number of carbonyl (C=O) groups excluding carboxylic acids is 1. The lowest BCUT2D eigenvalue weighted by Crippen LogP contribution is -2.30. The van der Waals surface area contributed by atoms with Crippen LogP contribution in [0.1, 0.15) is 20.8 Å². The largest absolute Gasteiger partial charge is 0.491 e. The normalized spacial score (nSPS) is 12.0. The highest BCUT2D eigenvalue weighted by molar-refractivity contribution is 5.95. The molecule has 3 rings (SSSR count). The molecule has 1 atom stereocenters. The summed E-state index contributed by atoms with van der Waals surface area (Å²) >= 11 is 0. The van der Waals surface area contributed by atoms with Crippen molar-refractivity contribution in [1.29, 1.82) is 0 Å². The van der Waals surface area contributed by atoms with Crippen molar-refractivity contribution in [3.05, 3.63) is 66.7 Å². The van der Waals surface area contributed by atoms with Crippen molar-refractivity contribution in [3.8, 4) is 11.5 Å². The van der Waals surface area contributed by atoms with Gasteiger partial charge in [-0.1, -0.05) is 42.5 Å². The first-order chi connectivity index (χ1) is 12.5. The summed E-state index contributed by atoms with van der Waals surface area (Å²) in [6, 6.07) is 21.1. The predicted molar refractivity (Wildman–Crippen MR) is 105 cm³/mol. The molecule has 3 aromatic rings. The van der Waals surface area contributed by atoms with Crippen molar-refractivity contribution in [1.82, 2.24) is 0 Å². The van der Waals surface area contributed by atoms with Gasteiger partial charge in [-0.3, -0.25) is 4.79 Å². The van der Waals surface area contributed by atoms with E-state index in [0.717, 1.165) is 16.5 Å². The van der Waals surface area contributed by atoms with Gasteiger partial charge in [-0.05, 0) is 44.4 Å².